The van der Waals surface area contributed by atoms with Crippen LogP contribution in [0.4, 0.5) is 0 Å². The van der Waals surface area contributed by atoms with Crippen molar-refractivity contribution in [1.82, 2.24) is 9.38 Å². The average molecular weight is 327 g/mol. The number of hydrogen-bond donors (Lipinski definition) is 0. The fourth-order valence-electron chi connectivity index (χ4n) is 2.09. The SMILES string of the molecule is O=C(OCc1cn2cc(Cl)cc(Cl)c2n1)C1=CCOCC1. The third kappa shape index (κ3) is 3.20. The summed E-state index contributed by atoms with van der Waals surface area (Å²) in [7, 11) is 0. The van der Waals surface area contributed by atoms with E-state index in [4.69, 9.17) is 32.7 Å². The summed E-state index contributed by atoms with van der Waals surface area (Å²) in [4.78, 5) is 16.2. The summed E-state index contributed by atoms with van der Waals surface area (Å²) in [6, 6.07) is 1.62. The first kappa shape index (κ1) is 14.4. The van der Waals surface area contributed by atoms with Crippen molar-refractivity contribution in [2.75, 3.05) is 13.2 Å². The number of ether oxygens (including phenoxy) is 2. The Morgan fingerprint density at radius 1 is 1.43 bits per heavy atom. The summed E-state index contributed by atoms with van der Waals surface area (Å²) in [6.07, 6.45) is 5.75. The van der Waals surface area contributed by atoms with Crippen molar-refractivity contribution in [1.29, 1.82) is 0 Å². The van der Waals surface area contributed by atoms with Gasteiger partial charge in [-0.05, 0) is 12.1 Å². The first-order valence-electron chi connectivity index (χ1n) is 6.40. The van der Waals surface area contributed by atoms with E-state index in [2.05, 4.69) is 4.98 Å². The third-order valence-corrected chi connectivity index (χ3v) is 3.58. The Morgan fingerprint density at radius 2 is 2.29 bits per heavy atom. The van der Waals surface area contributed by atoms with Crippen molar-refractivity contribution in [3.63, 3.8) is 0 Å². The van der Waals surface area contributed by atoms with Crippen LogP contribution in [0, 0.1) is 0 Å². The molecule has 0 radical (unpaired) electrons. The van der Waals surface area contributed by atoms with Gasteiger partial charge in [-0.2, -0.15) is 0 Å². The second-order valence-electron chi connectivity index (χ2n) is 4.60. The number of nitrogens with zero attached hydrogens (tertiary/aromatic N) is 2. The minimum atomic E-state index is -0.334. The predicted octanol–water partition coefficient (Wildman–Crippen LogP) is 3.03. The zero-order valence-corrected chi connectivity index (χ0v) is 12.5. The summed E-state index contributed by atoms with van der Waals surface area (Å²) in [6.45, 7) is 1.09. The lowest BCUT2D eigenvalue weighted by Gasteiger charge is -2.12. The Hall–Kier alpha value is -1.56. The van der Waals surface area contributed by atoms with Crippen molar-refractivity contribution in [3.05, 3.63) is 45.8 Å². The molecule has 0 unspecified atom stereocenters. The van der Waals surface area contributed by atoms with Gasteiger partial charge in [0.2, 0.25) is 0 Å². The van der Waals surface area contributed by atoms with Crippen molar-refractivity contribution >= 4 is 34.8 Å². The molecule has 5 nitrogen and oxygen atoms in total. The van der Waals surface area contributed by atoms with Crippen molar-refractivity contribution in [2.24, 2.45) is 0 Å². The zero-order chi connectivity index (χ0) is 14.8. The van der Waals surface area contributed by atoms with Crippen molar-refractivity contribution in [2.45, 2.75) is 13.0 Å². The Morgan fingerprint density at radius 3 is 3.05 bits per heavy atom. The van der Waals surface area contributed by atoms with Crippen LogP contribution >= 0.6 is 23.2 Å². The molecule has 110 valence electrons. The normalized spacial score (nSPS) is 15.0. The second kappa shape index (κ2) is 6.05. The van der Waals surface area contributed by atoms with E-state index in [0.29, 0.717) is 46.6 Å². The minimum Gasteiger partial charge on any atom is -0.456 e. The lowest BCUT2D eigenvalue weighted by molar-refractivity contribution is -0.141. The highest BCUT2D eigenvalue weighted by Crippen LogP contribution is 2.22. The molecular weight excluding hydrogens is 315 g/mol. The number of esters is 1. The highest BCUT2D eigenvalue weighted by molar-refractivity contribution is 6.36. The van der Waals surface area contributed by atoms with Crippen LogP contribution < -0.4 is 0 Å². The lowest BCUT2D eigenvalue weighted by Crippen LogP contribution is -2.14. The maximum Gasteiger partial charge on any atom is 0.334 e. The number of pyridine rings is 1. The van der Waals surface area contributed by atoms with Gasteiger partial charge in [-0.15, -0.1) is 0 Å². The van der Waals surface area contributed by atoms with Gasteiger partial charge in [0.15, 0.2) is 5.65 Å². The number of carbonyl (C=O) groups excluding carboxylic acids is 1. The van der Waals surface area contributed by atoms with Gasteiger partial charge in [-0.3, -0.25) is 0 Å². The molecule has 0 saturated heterocycles. The van der Waals surface area contributed by atoms with Gasteiger partial charge in [-0.25, -0.2) is 9.78 Å². The molecule has 2 aromatic rings. The van der Waals surface area contributed by atoms with Gasteiger partial charge in [0.1, 0.15) is 6.61 Å². The molecular formula is C14H12Cl2N2O3. The van der Waals surface area contributed by atoms with Gasteiger partial charge in [0, 0.05) is 24.4 Å². The summed E-state index contributed by atoms with van der Waals surface area (Å²) in [5.74, 6) is -0.334. The molecule has 0 N–H and O–H groups in total. The van der Waals surface area contributed by atoms with Gasteiger partial charge >= 0.3 is 5.97 Å². The summed E-state index contributed by atoms with van der Waals surface area (Å²) in [5, 5.41) is 0.966. The van der Waals surface area contributed by atoms with Gasteiger partial charge < -0.3 is 13.9 Å². The van der Waals surface area contributed by atoms with Crippen molar-refractivity contribution in [3.8, 4) is 0 Å². The van der Waals surface area contributed by atoms with E-state index in [1.807, 2.05) is 0 Å². The fourth-order valence-corrected chi connectivity index (χ4v) is 2.62. The highest BCUT2D eigenvalue weighted by atomic mass is 35.5. The maximum absolute atomic E-state index is 11.9. The molecule has 0 spiro atoms. The molecule has 0 bridgehead atoms. The molecule has 7 heteroatoms. The molecule has 21 heavy (non-hydrogen) atoms. The van der Waals surface area contributed by atoms with Crippen LogP contribution in [-0.2, 0) is 20.9 Å². The van der Waals surface area contributed by atoms with E-state index in [9.17, 15) is 4.79 Å². The van der Waals surface area contributed by atoms with Crippen LogP contribution in [0.5, 0.6) is 0 Å². The number of carbonyl (C=O) groups is 1. The van der Waals surface area contributed by atoms with E-state index in [-0.39, 0.29) is 12.6 Å². The highest BCUT2D eigenvalue weighted by Gasteiger charge is 2.15. The number of halogens is 2. The molecule has 0 atom stereocenters. The van der Waals surface area contributed by atoms with Gasteiger partial charge in [-0.1, -0.05) is 23.2 Å². The molecule has 0 aliphatic carbocycles. The molecule has 3 heterocycles. The molecule has 0 saturated carbocycles. The lowest BCUT2D eigenvalue weighted by atomic mass is 10.1. The van der Waals surface area contributed by atoms with Crippen LogP contribution in [0.25, 0.3) is 5.65 Å². The largest absolute Gasteiger partial charge is 0.456 e. The van der Waals surface area contributed by atoms with Crippen LogP contribution in [0.15, 0.2) is 30.1 Å². The summed E-state index contributed by atoms with van der Waals surface area (Å²) >= 11 is 12.0. The number of imidazole rings is 1. The minimum absolute atomic E-state index is 0.0899. The first-order valence-corrected chi connectivity index (χ1v) is 7.15. The molecule has 1 aliphatic rings. The topological polar surface area (TPSA) is 52.8 Å². The van der Waals surface area contributed by atoms with E-state index in [0.717, 1.165) is 0 Å². The van der Waals surface area contributed by atoms with Crippen LogP contribution in [0.2, 0.25) is 10.0 Å². The number of rotatable bonds is 3. The molecule has 0 fully saturated rings. The quantitative estimate of drug-likeness (QED) is 0.813. The Balaban J connectivity index is 1.72. The van der Waals surface area contributed by atoms with E-state index >= 15 is 0 Å². The molecule has 2 aromatic heterocycles. The predicted molar refractivity (Wildman–Crippen MR) is 78.5 cm³/mol. The smallest absolute Gasteiger partial charge is 0.334 e. The van der Waals surface area contributed by atoms with E-state index in [1.54, 1.807) is 28.9 Å². The fraction of sp³-hybridized carbons (Fsp3) is 0.286. The number of aromatic nitrogens is 2. The van der Waals surface area contributed by atoms with Gasteiger partial charge in [0.25, 0.3) is 0 Å². The maximum atomic E-state index is 11.9. The zero-order valence-electron chi connectivity index (χ0n) is 11.0. The Kier molecular flexibility index (Phi) is 4.14. The molecule has 3 rings (SSSR count). The Labute approximate surface area is 131 Å². The number of fused-ring (bicyclic) bond motifs is 1. The van der Waals surface area contributed by atoms with Crippen LogP contribution in [0.1, 0.15) is 12.1 Å². The first-order chi connectivity index (χ1) is 10.1. The Bertz CT molecular complexity index is 724. The summed E-state index contributed by atoms with van der Waals surface area (Å²) in [5.41, 5.74) is 1.84. The van der Waals surface area contributed by atoms with Gasteiger partial charge in [0.05, 0.1) is 29.0 Å². The average Bonchev–Trinajstić information content (AvgIpc) is 2.89. The standard InChI is InChI=1S/C14H12Cl2N2O3/c15-10-5-12(16)13-17-11(7-18(13)6-10)8-21-14(19)9-1-3-20-4-2-9/h1,5-7H,2-4,8H2. The van der Waals surface area contributed by atoms with E-state index in [1.165, 1.54) is 0 Å². The van der Waals surface area contributed by atoms with E-state index < -0.39 is 0 Å². The molecule has 1 aliphatic heterocycles. The monoisotopic (exact) mass is 326 g/mol. The second-order valence-corrected chi connectivity index (χ2v) is 5.44. The third-order valence-electron chi connectivity index (χ3n) is 3.10. The summed E-state index contributed by atoms with van der Waals surface area (Å²) < 4.78 is 12.1. The molecule has 0 aromatic carbocycles. The number of hydrogen-bond acceptors (Lipinski definition) is 4. The molecule has 0 amide bonds. The van der Waals surface area contributed by atoms with Crippen LogP contribution in [-0.4, -0.2) is 28.6 Å². The van der Waals surface area contributed by atoms with Crippen molar-refractivity contribution < 1.29 is 14.3 Å². The van der Waals surface area contributed by atoms with Crippen LogP contribution in [0.3, 0.4) is 0 Å².